The first-order valence-electron chi connectivity index (χ1n) is 14.4. The van der Waals surface area contributed by atoms with Crippen LogP contribution in [0.15, 0.2) is 51.7 Å². The van der Waals surface area contributed by atoms with Gasteiger partial charge in [-0.3, -0.25) is 14.4 Å². The summed E-state index contributed by atoms with van der Waals surface area (Å²) >= 11 is 0. The molecule has 1 aromatic heterocycles. The van der Waals surface area contributed by atoms with E-state index in [1.54, 1.807) is 0 Å². The van der Waals surface area contributed by atoms with Crippen LogP contribution < -0.4 is 14.9 Å². The first-order valence-corrected chi connectivity index (χ1v) is 14.4. The van der Waals surface area contributed by atoms with Crippen molar-refractivity contribution in [1.82, 2.24) is 0 Å². The van der Waals surface area contributed by atoms with Crippen LogP contribution in [-0.2, 0) is 23.8 Å². The van der Waals surface area contributed by atoms with Gasteiger partial charge in [0.1, 0.15) is 95.8 Å². The van der Waals surface area contributed by atoms with Crippen molar-refractivity contribution in [3.63, 3.8) is 0 Å². The van der Waals surface area contributed by atoms with E-state index in [2.05, 4.69) is 0 Å². The number of aliphatic hydroxyl groups excluding tert-OH is 7. The summed E-state index contributed by atoms with van der Waals surface area (Å²) in [7, 11) is 0. The molecule has 0 spiro atoms. The van der Waals surface area contributed by atoms with E-state index in [-0.39, 0.29) is 28.2 Å². The molecular formula is C30H32O18. The lowest BCUT2D eigenvalue weighted by molar-refractivity contribution is -0.278. The SMILES string of the molecule is O=C(O)CC(=O)OC[C@H]1O[C@@H](Oc2ccc(-c3cc(=O)c4c(O)cc(O[C@@H]5OC(CO)[C@@H](O)[C@H](O)C5O)cc4o3)cc2)[C@H](O)C(O)C1O. The summed E-state index contributed by atoms with van der Waals surface area (Å²) in [6.07, 6.45) is -17.0. The smallest absolute Gasteiger partial charge is 0.317 e. The number of hydrogen-bond acceptors (Lipinski definition) is 17. The predicted octanol–water partition coefficient (Wildman–Crippen LogP) is -2.45. The Morgan fingerprint density at radius 1 is 0.750 bits per heavy atom. The summed E-state index contributed by atoms with van der Waals surface area (Å²) in [5, 5.41) is 89.6. The first-order chi connectivity index (χ1) is 22.8. The van der Waals surface area contributed by atoms with Crippen molar-refractivity contribution in [2.45, 2.75) is 67.8 Å². The summed E-state index contributed by atoms with van der Waals surface area (Å²) in [6.45, 7) is -1.33. The molecule has 0 radical (unpaired) electrons. The van der Waals surface area contributed by atoms with Gasteiger partial charge in [0, 0.05) is 23.8 Å². The molecule has 48 heavy (non-hydrogen) atoms. The Morgan fingerprint density at radius 3 is 1.94 bits per heavy atom. The fraction of sp³-hybridized carbons (Fsp3) is 0.433. The molecule has 0 amide bonds. The van der Waals surface area contributed by atoms with Gasteiger partial charge >= 0.3 is 11.9 Å². The number of carboxylic acid groups (broad SMARTS) is 1. The highest BCUT2D eigenvalue weighted by molar-refractivity contribution is 5.90. The lowest BCUT2D eigenvalue weighted by Crippen LogP contribution is -2.60. The highest BCUT2D eigenvalue weighted by Crippen LogP contribution is 2.34. The van der Waals surface area contributed by atoms with Crippen LogP contribution in [0.3, 0.4) is 0 Å². The highest BCUT2D eigenvalue weighted by atomic mass is 16.7. The van der Waals surface area contributed by atoms with Crippen LogP contribution in [0, 0.1) is 0 Å². The second kappa shape index (κ2) is 14.4. The Balaban J connectivity index is 1.31. The molecule has 3 aromatic rings. The van der Waals surface area contributed by atoms with Gasteiger partial charge in [0.15, 0.2) is 5.43 Å². The number of fused-ring (bicyclic) bond motifs is 1. The summed E-state index contributed by atoms with van der Waals surface area (Å²) in [5.41, 5.74) is -0.437. The maximum atomic E-state index is 12.9. The molecule has 2 aromatic carbocycles. The second-order valence-corrected chi connectivity index (χ2v) is 11.0. The van der Waals surface area contributed by atoms with Gasteiger partial charge in [0.05, 0.1) is 6.61 Å². The van der Waals surface area contributed by atoms with Crippen molar-refractivity contribution < 1.29 is 83.6 Å². The van der Waals surface area contributed by atoms with Crippen molar-refractivity contribution >= 4 is 22.9 Å². The number of carbonyl (C=O) groups excluding carboxylic acids is 1. The van der Waals surface area contributed by atoms with Crippen molar-refractivity contribution in [2.24, 2.45) is 0 Å². The molecule has 5 rings (SSSR count). The molecule has 0 bridgehead atoms. The molecule has 2 fully saturated rings. The van der Waals surface area contributed by atoms with Gasteiger partial charge in [-0.05, 0) is 24.3 Å². The largest absolute Gasteiger partial charge is 0.507 e. The number of carboxylic acids is 1. The number of phenols is 1. The van der Waals surface area contributed by atoms with Gasteiger partial charge < -0.3 is 74.1 Å². The van der Waals surface area contributed by atoms with E-state index in [4.69, 9.17) is 33.2 Å². The van der Waals surface area contributed by atoms with E-state index in [1.165, 1.54) is 30.3 Å². The lowest BCUT2D eigenvalue weighted by atomic mass is 9.99. The zero-order valence-corrected chi connectivity index (χ0v) is 24.6. The molecule has 2 aliphatic rings. The zero-order chi connectivity index (χ0) is 34.9. The topological polar surface area (TPSA) is 293 Å². The third kappa shape index (κ3) is 7.36. The number of carbonyl (C=O) groups is 2. The Bertz CT molecular complexity index is 1670. The van der Waals surface area contributed by atoms with E-state index in [0.29, 0.717) is 5.56 Å². The molecule has 18 heteroatoms. The maximum Gasteiger partial charge on any atom is 0.317 e. The average Bonchev–Trinajstić information content (AvgIpc) is 3.04. The van der Waals surface area contributed by atoms with Crippen molar-refractivity contribution in [3.8, 4) is 28.6 Å². The lowest BCUT2D eigenvalue weighted by Gasteiger charge is -2.39. The van der Waals surface area contributed by atoms with E-state index in [1.807, 2.05) is 0 Å². The van der Waals surface area contributed by atoms with Crippen molar-refractivity contribution in [1.29, 1.82) is 0 Å². The van der Waals surface area contributed by atoms with Gasteiger partial charge in [-0.25, -0.2) is 0 Å². The minimum Gasteiger partial charge on any atom is -0.507 e. The molecule has 9 N–H and O–H groups in total. The molecule has 4 unspecified atom stereocenters. The Kier molecular flexibility index (Phi) is 10.5. The van der Waals surface area contributed by atoms with Crippen LogP contribution in [0.2, 0.25) is 0 Å². The quantitative estimate of drug-likeness (QED) is 0.0793. The van der Waals surface area contributed by atoms with Crippen molar-refractivity contribution in [3.05, 3.63) is 52.7 Å². The second-order valence-electron chi connectivity index (χ2n) is 11.0. The molecule has 2 aliphatic heterocycles. The number of aliphatic hydroxyl groups is 7. The number of hydrogen-bond donors (Lipinski definition) is 9. The van der Waals surface area contributed by atoms with E-state index in [9.17, 15) is 55.2 Å². The number of ether oxygens (including phenoxy) is 5. The Labute approximate surface area is 269 Å². The van der Waals surface area contributed by atoms with E-state index >= 15 is 0 Å². The van der Waals surface area contributed by atoms with Gasteiger partial charge in [-0.2, -0.15) is 0 Å². The molecule has 260 valence electrons. The van der Waals surface area contributed by atoms with E-state index < -0.39 is 104 Å². The number of rotatable bonds is 10. The van der Waals surface area contributed by atoms with Crippen LogP contribution in [0.5, 0.6) is 17.2 Å². The van der Waals surface area contributed by atoms with Gasteiger partial charge in [-0.15, -0.1) is 0 Å². The number of esters is 1. The first kappa shape index (κ1) is 35.0. The van der Waals surface area contributed by atoms with Crippen LogP contribution in [0.1, 0.15) is 6.42 Å². The monoisotopic (exact) mass is 680 g/mol. The Hall–Kier alpha value is -4.37. The number of aromatic hydroxyl groups is 1. The summed E-state index contributed by atoms with van der Waals surface area (Å²) in [5.74, 6) is -3.12. The molecule has 3 heterocycles. The molecular weight excluding hydrogens is 648 g/mol. The van der Waals surface area contributed by atoms with Crippen LogP contribution in [0.4, 0.5) is 0 Å². The minimum absolute atomic E-state index is 0.0270. The molecule has 18 nitrogen and oxygen atoms in total. The standard InChI is InChI=1S/C30H32O18/c31-9-18-23(37)25(39)27(41)30(47-18)45-13-5-14(32)22-15(33)7-16(46-17(22)6-13)11-1-3-12(4-2-11)44-29-28(42)26(40)24(38)19(48-29)10-43-21(36)8-20(34)35/h1-7,18-19,23-32,37-42H,8-10H2,(H,34,35)/t18?,19-,23-,24?,25+,26?,27?,28-,29-,30-/m1/s1. The van der Waals surface area contributed by atoms with Crippen LogP contribution in [-0.4, -0.2) is 133 Å². The van der Waals surface area contributed by atoms with Gasteiger partial charge in [0.2, 0.25) is 12.6 Å². The van der Waals surface area contributed by atoms with E-state index in [0.717, 1.165) is 12.1 Å². The summed E-state index contributed by atoms with van der Waals surface area (Å²) in [6, 6.07) is 9.08. The zero-order valence-electron chi connectivity index (χ0n) is 24.6. The normalized spacial score (nSPS) is 30.5. The van der Waals surface area contributed by atoms with Gasteiger partial charge in [0.25, 0.3) is 0 Å². The third-order valence-electron chi connectivity index (χ3n) is 7.65. The highest BCUT2D eigenvalue weighted by Gasteiger charge is 2.46. The van der Waals surface area contributed by atoms with Crippen LogP contribution in [0.25, 0.3) is 22.3 Å². The fourth-order valence-electron chi connectivity index (χ4n) is 5.09. The summed E-state index contributed by atoms with van der Waals surface area (Å²) < 4.78 is 32.6. The predicted molar refractivity (Wildman–Crippen MR) is 155 cm³/mol. The molecule has 10 atom stereocenters. The molecule has 0 saturated carbocycles. The van der Waals surface area contributed by atoms with Gasteiger partial charge in [-0.1, -0.05) is 0 Å². The molecule has 0 aliphatic carbocycles. The Morgan fingerprint density at radius 2 is 1.33 bits per heavy atom. The van der Waals surface area contributed by atoms with Crippen molar-refractivity contribution in [2.75, 3.05) is 13.2 Å². The number of phenolic OH excluding ortho intramolecular Hbond substituents is 1. The fourth-order valence-corrected chi connectivity index (χ4v) is 5.09. The van der Waals surface area contributed by atoms with Crippen LogP contribution >= 0.6 is 0 Å². The minimum atomic E-state index is -1.77. The summed E-state index contributed by atoms with van der Waals surface area (Å²) in [4.78, 5) is 35.1. The number of aliphatic carboxylic acids is 1. The molecule has 2 saturated heterocycles. The third-order valence-corrected chi connectivity index (χ3v) is 7.65. The number of benzene rings is 2. The maximum absolute atomic E-state index is 12.9. The average molecular weight is 681 g/mol.